The van der Waals surface area contributed by atoms with Gasteiger partial charge < -0.3 is 4.74 Å². The first-order valence-corrected chi connectivity index (χ1v) is 8.04. The van der Waals surface area contributed by atoms with E-state index in [0.717, 1.165) is 17.7 Å². The Balaban J connectivity index is 2.31. The third kappa shape index (κ3) is 5.38. The van der Waals surface area contributed by atoms with Crippen LogP contribution in [0.3, 0.4) is 0 Å². The molecule has 0 radical (unpaired) electrons. The molecule has 0 saturated carbocycles. The van der Waals surface area contributed by atoms with E-state index in [1.165, 1.54) is 7.11 Å². The summed E-state index contributed by atoms with van der Waals surface area (Å²) < 4.78 is 83.2. The quantitative estimate of drug-likeness (QED) is 0.586. The van der Waals surface area contributed by atoms with Crippen LogP contribution in [0.25, 0.3) is 0 Å². The lowest BCUT2D eigenvalue weighted by Gasteiger charge is -2.26. The first kappa shape index (κ1) is 21.1. The molecule has 0 saturated heterocycles. The Hall–Kier alpha value is -2.22. The molecule has 0 N–H and O–H groups in total. The van der Waals surface area contributed by atoms with Crippen molar-refractivity contribution < 1.29 is 31.1 Å². The minimum absolute atomic E-state index is 0.0480. The van der Waals surface area contributed by atoms with Gasteiger partial charge in [0.1, 0.15) is 5.75 Å². The molecule has 0 aliphatic heterocycles. The number of rotatable bonds is 5. The van der Waals surface area contributed by atoms with Crippen LogP contribution >= 0.6 is 0 Å². The Morgan fingerprint density at radius 1 is 0.889 bits per heavy atom. The van der Waals surface area contributed by atoms with E-state index < -0.39 is 29.5 Å². The smallest absolute Gasteiger partial charge is 0.416 e. The number of alkyl halides is 6. The van der Waals surface area contributed by atoms with Gasteiger partial charge in [-0.25, -0.2) is 0 Å². The van der Waals surface area contributed by atoms with Gasteiger partial charge in [0, 0.05) is 12.6 Å². The molecule has 0 aliphatic carbocycles. The Bertz CT molecular complexity index is 735. The molecule has 2 rings (SSSR count). The highest BCUT2D eigenvalue weighted by Crippen LogP contribution is 2.38. The minimum Gasteiger partial charge on any atom is -0.497 e. The maximum atomic E-state index is 13.0. The van der Waals surface area contributed by atoms with Gasteiger partial charge in [0.25, 0.3) is 0 Å². The standard InChI is InChI=1S/C19H19F6NO/c1-12(26(2)11-13-4-6-17(27-3)7-5-13)14-8-15(18(20,21)22)10-16(9-14)19(23,24)25/h4-10,12H,11H2,1-3H3. The summed E-state index contributed by atoms with van der Waals surface area (Å²) in [7, 11) is 3.16. The minimum atomic E-state index is -4.86. The fourth-order valence-corrected chi connectivity index (χ4v) is 2.63. The normalized spacial score (nSPS) is 13.7. The third-order valence-corrected chi connectivity index (χ3v) is 4.34. The number of ether oxygens (including phenoxy) is 1. The second-order valence-corrected chi connectivity index (χ2v) is 6.28. The molecule has 2 nitrogen and oxygen atoms in total. The lowest BCUT2D eigenvalue weighted by atomic mass is 9.99. The summed E-state index contributed by atoms with van der Waals surface area (Å²) in [5.41, 5.74) is -1.81. The van der Waals surface area contributed by atoms with Crippen LogP contribution in [-0.4, -0.2) is 19.1 Å². The topological polar surface area (TPSA) is 12.5 Å². The molecule has 2 aromatic rings. The second kappa shape index (κ2) is 7.80. The Morgan fingerprint density at radius 3 is 1.78 bits per heavy atom. The van der Waals surface area contributed by atoms with Crippen LogP contribution in [0.15, 0.2) is 42.5 Å². The predicted octanol–water partition coefficient (Wildman–Crippen LogP) is 5.93. The molecule has 1 unspecified atom stereocenters. The zero-order valence-electron chi connectivity index (χ0n) is 14.9. The van der Waals surface area contributed by atoms with Gasteiger partial charge in [-0.15, -0.1) is 0 Å². The van der Waals surface area contributed by atoms with Crippen LogP contribution in [0, 0.1) is 0 Å². The Labute approximate surface area is 153 Å². The summed E-state index contributed by atoms with van der Waals surface area (Å²) in [5, 5.41) is 0. The van der Waals surface area contributed by atoms with Crippen LogP contribution < -0.4 is 4.74 Å². The van der Waals surface area contributed by atoms with E-state index in [2.05, 4.69) is 0 Å². The summed E-state index contributed by atoms with van der Waals surface area (Å²) in [6.45, 7) is 1.92. The van der Waals surface area contributed by atoms with Crippen molar-refractivity contribution in [3.8, 4) is 5.75 Å². The van der Waals surface area contributed by atoms with E-state index in [0.29, 0.717) is 12.3 Å². The average molecular weight is 391 g/mol. The molecule has 8 heteroatoms. The maximum absolute atomic E-state index is 13.0. The second-order valence-electron chi connectivity index (χ2n) is 6.28. The molecular formula is C19H19F6NO. The van der Waals surface area contributed by atoms with Gasteiger partial charge in [0.2, 0.25) is 0 Å². The fraction of sp³-hybridized carbons (Fsp3) is 0.368. The van der Waals surface area contributed by atoms with Gasteiger partial charge in [-0.1, -0.05) is 12.1 Å². The van der Waals surface area contributed by atoms with Gasteiger partial charge in [0.05, 0.1) is 18.2 Å². The molecular weight excluding hydrogens is 372 g/mol. The fourth-order valence-electron chi connectivity index (χ4n) is 2.63. The number of benzene rings is 2. The van der Waals surface area contributed by atoms with E-state index >= 15 is 0 Å². The summed E-state index contributed by atoms with van der Waals surface area (Å²) in [5.74, 6) is 0.655. The summed E-state index contributed by atoms with van der Waals surface area (Å²) in [6.07, 6.45) is -9.71. The molecule has 0 aromatic heterocycles. The van der Waals surface area contributed by atoms with E-state index in [9.17, 15) is 26.3 Å². The van der Waals surface area contributed by atoms with Crippen molar-refractivity contribution in [1.82, 2.24) is 4.90 Å². The maximum Gasteiger partial charge on any atom is 0.416 e. The van der Waals surface area contributed by atoms with Gasteiger partial charge >= 0.3 is 12.4 Å². The predicted molar refractivity (Wildman–Crippen MR) is 89.3 cm³/mol. The number of hydrogen-bond donors (Lipinski definition) is 0. The monoisotopic (exact) mass is 391 g/mol. The molecule has 0 bridgehead atoms. The first-order chi connectivity index (χ1) is 12.4. The average Bonchev–Trinajstić information content (AvgIpc) is 2.59. The summed E-state index contributed by atoms with van der Waals surface area (Å²) in [4.78, 5) is 1.68. The highest BCUT2D eigenvalue weighted by Gasteiger charge is 2.37. The van der Waals surface area contributed by atoms with Gasteiger partial charge in [-0.2, -0.15) is 26.3 Å². The van der Waals surface area contributed by atoms with Crippen molar-refractivity contribution in [2.75, 3.05) is 14.2 Å². The zero-order chi connectivity index (χ0) is 20.4. The number of hydrogen-bond acceptors (Lipinski definition) is 2. The van der Waals surface area contributed by atoms with Crippen molar-refractivity contribution in [2.45, 2.75) is 31.9 Å². The molecule has 27 heavy (non-hydrogen) atoms. The lowest BCUT2D eigenvalue weighted by molar-refractivity contribution is -0.143. The SMILES string of the molecule is COc1ccc(CN(C)C(C)c2cc(C(F)(F)F)cc(C(F)(F)F)c2)cc1. The van der Waals surface area contributed by atoms with E-state index in [-0.39, 0.29) is 11.6 Å². The Kier molecular flexibility index (Phi) is 6.09. The van der Waals surface area contributed by atoms with Crippen molar-refractivity contribution in [3.05, 3.63) is 64.7 Å². The van der Waals surface area contributed by atoms with Crippen molar-refractivity contribution in [2.24, 2.45) is 0 Å². The molecule has 0 fully saturated rings. The van der Waals surface area contributed by atoms with Crippen molar-refractivity contribution >= 4 is 0 Å². The number of nitrogens with zero attached hydrogens (tertiary/aromatic N) is 1. The van der Waals surface area contributed by atoms with E-state index in [4.69, 9.17) is 4.74 Å². The van der Waals surface area contributed by atoms with Crippen LogP contribution in [-0.2, 0) is 18.9 Å². The first-order valence-electron chi connectivity index (χ1n) is 8.04. The molecule has 148 valence electrons. The Morgan fingerprint density at radius 2 is 1.37 bits per heavy atom. The van der Waals surface area contributed by atoms with E-state index in [1.807, 2.05) is 0 Å². The molecule has 0 heterocycles. The number of methoxy groups -OCH3 is 1. The van der Waals surface area contributed by atoms with Crippen LogP contribution in [0.5, 0.6) is 5.75 Å². The lowest BCUT2D eigenvalue weighted by Crippen LogP contribution is -2.23. The highest BCUT2D eigenvalue weighted by atomic mass is 19.4. The molecule has 0 spiro atoms. The van der Waals surface area contributed by atoms with Gasteiger partial charge in [0.15, 0.2) is 0 Å². The molecule has 2 aromatic carbocycles. The third-order valence-electron chi connectivity index (χ3n) is 4.34. The van der Waals surface area contributed by atoms with Crippen LogP contribution in [0.2, 0.25) is 0 Å². The van der Waals surface area contributed by atoms with Gasteiger partial charge in [-0.05, 0) is 55.4 Å². The highest BCUT2D eigenvalue weighted by molar-refractivity contribution is 5.35. The molecule has 0 aliphatic rings. The largest absolute Gasteiger partial charge is 0.497 e. The van der Waals surface area contributed by atoms with Crippen LogP contribution in [0.4, 0.5) is 26.3 Å². The van der Waals surface area contributed by atoms with Crippen molar-refractivity contribution in [1.29, 1.82) is 0 Å². The zero-order valence-corrected chi connectivity index (χ0v) is 14.9. The van der Waals surface area contributed by atoms with E-state index in [1.54, 1.807) is 43.1 Å². The summed E-state index contributed by atoms with van der Waals surface area (Å²) >= 11 is 0. The molecule has 1 atom stereocenters. The number of halogens is 6. The van der Waals surface area contributed by atoms with Crippen LogP contribution in [0.1, 0.15) is 35.2 Å². The molecule has 0 amide bonds. The van der Waals surface area contributed by atoms with Crippen molar-refractivity contribution in [3.63, 3.8) is 0 Å². The summed E-state index contributed by atoms with van der Waals surface area (Å²) in [6, 6.07) is 8.06. The van der Waals surface area contributed by atoms with Gasteiger partial charge in [-0.3, -0.25) is 4.90 Å².